The number of ether oxygens (including phenoxy) is 1. The van der Waals surface area contributed by atoms with E-state index < -0.39 is 30.9 Å². The Bertz CT molecular complexity index is 1260. The Morgan fingerprint density at radius 3 is 2.30 bits per heavy atom. The molecule has 1 saturated carbocycles. The van der Waals surface area contributed by atoms with E-state index in [0.717, 1.165) is 37.7 Å². The largest absolute Gasteiger partial charge is 0.573 e. The van der Waals surface area contributed by atoms with Crippen LogP contribution in [0.2, 0.25) is 0 Å². The fraction of sp³-hybridized carbons (Fsp3) is 0.516. The third-order valence-corrected chi connectivity index (χ3v) is 8.37. The van der Waals surface area contributed by atoms with Crippen molar-refractivity contribution in [2.75, 3.05) is 24.5 Å². The molecule has 0 bridgehead atoms. The minimum atomic E-state index is -4.81. The second kappa shape index (κ2) is 13.7. The van der Waals surface area contributed by atoms with Gasteiger partial charge in [0.25, 0.3) is 5.91 Å². The van der Waals surface area contributed by atoms with Gasteiger partial charge >= 0.3 is 18.4 Å². The Morgan fingerprint density at radius 1 is 1.07 bits per heavy atom. The number of carboxylic acids is 1. The Labute approximate surface area is 248 Å². The zero-order valence-corrected chi connectivity index (χ0v) is 24.1. The molecule has 1 spiro atoms. The van der Waals surface area contributed by atoms with E-state index in [-0.39, 0.29) is 29.3 Å². The lowest BCUT2D eigenvalue weighted by molar-refractivity contribution is -0.274. The average molecular weight is 606 g/mol. The molecular formula is C31H38F3N3O6. The van der Waals surface area contributed by atoms with Crippen molar-refractivity contribution >= 4 is 23.6 Å². The zero-order valence-electron chi connectivity index (χ0n) is 24.1. The van der Waals surface area contributed by atoms with Gasteiger partial charge in [0.05, 0.1) is 6.54 Å². The highest BCUT2D eigenvalue weighted by Crippen LogP contribution is 2.45. The first kappa shape index (κ1) is 32.1. The molecule has 0 radical (unpaired) electrons. The summed E-state index contributed by atoms with van der Waals surface area (Å²) in [7, 11) is 0. The Hall–Kier alpha value is -3.80. The number of nitrogens with one attached hydrogen (secondary N) is 1. The number of hydrogen-bond acceptors (Lipinski definition) is 5. The number of benzene rings is 2. The first-order valence-electron chi connectivity index (χ1n) is 14.6. The molecule has 2 fully saturated rings. The van der Waals surface area contributed by atoms with Crippen LogP contribution >= 0.6 is 0 Å². The van der Waals surface area contributed by atoms with Gasteiger partial charge in [0, 0.05) is 36.3 Å². The predicted octanol–water partition coefficient (Wildman–Crippen LogP) is 5.57. The molecule has 3 N–H and O–H groups in total. The van der Waals surface area contributed by atoms with Crippen molar-refractivity contribution in [3.05, 3.63) is 59.7 Å². The number of aliphatic carboxylic acids is 1. The number of anilines is 1. The lowest BCUT2D eigenvalue weighted by Gasteiger charge is -2.50. The van der Waals surface area contributed by atoms with Crippen LogP contribution in [0.15, 0.2) is 48.5 Å². The summed E-state index contributed by atoms with van der Waals surface area (Å²) >= 11 is 0. The number of amides is 3. The molecule has 0 aromatic heterocycles. The van der Waals surface area contributed by atoms with E-state index in [1.54, 1.807) is 34.1 Å². The molecule has 3 amide bonds. The third-order valence-electron chi connectivity index (χ3n) is 8.37. The molecule has 9 nitrogen and oxygen atoms in total. The molecule has 2 aromatic carbocycles. The van der Waals surface area contributed by atoms with Crippen LogP contribution in [-0.4, -0.2) is 65.1 Å². The number of aliphatic hydroxyl groups excluding tert-OH is 1. The smallest absolute Gasteiger partial charge is 0.479 e. The van der Waals surface area contributed by atoms with Gasteiger partial charge in [-0.25, -0.2) is 9.59 Å². The summed E-state index contributed by atoms with van der Waals surface area (Å²) in [5, 5.41) is 20.5. The molecule has 43 heavy (non-hydrogen) atoms. The van der Waals surface area contributed by atoms with Gasteiger partial charge in [0.2, 0.25) is 0 Å². The molecular weight excluding hydrogens is 567 g/mol. The second-order valence-corrected chi connectivity index (χ2v) is 11.6. The number of carboxylic acid groups (broad SMARTS) is 1. The number of urea groups is 1. The van der Waals surface area contributed by atoms with Crippen LogP contribution in [0.4, 0.5) is 23.7 Å². The number of aliphatic hydroxyl groups is 1. The summed E-state index contributed by atoms with van der Waals surface area (Å²) in [6.45, 7) is 3.04. The maximum atomic E-state index is 13.8. The Balaban J connectivity index is 1.50. The fourth-order valence-corrected chi connectivity index (χ4v) is 6.00. The monoisotopic (exact) mass is 605 g/mol. The van der Waals surface area contributed by atoms with Crippen LogP contribution in [0.1, 0.15) is 67.8 Å². The van der Waals surface area contributed by atoms with Gasteiger partial charge in [-0.2, -0.15) is 0 Å². The lowest BCUT2D eigenvalue weighted by Crippen LogP contribution is -2.59. The van der Waals surface area contributed by atoms with Crippen molar-refractivity contribution in [2.45, 2.75) is 70.9 Å². The fourth-order valence-electron chi connectivity index (χ4n) is 6.00. The number of carbonyl (C=O) groups excluding carboxylic acids is 2. The first-order chi connectivity index (χ1) is 20.4. The van der Waals surface area contributed by atoms with Gasteiger partial charge in [-0.15, -0.1) is 13.2 Å². The minimum absolute atomic E-state index is 0.164. The van der Waals surface area contributed by atoms with Gasteiger partial charge in [0.15, 0.2) is 6.10 Å². The second-order valence-electron chi connectivity index (χ2n) is 11.6. The maximum Gasteiger partial charge on any atom is 0.573 e. The lowest BCUT2D eigenvalue weighted by atomic mass is 9.68. The topological polar surface area (TPSA) is 119 Å². The van der Waals surface area contributed by atoms with Gasteiger partial charge < -0.3 is 25.2 Å². The molecule has 1 aliphatic carbocycles. The van der Waals surface area contributed by atoms with Crippen LogP contribution in [0.25, 0.3) is 0 Å². The third kappa shape index (κ3) is 8.62. The number of alkyl halides is 3. The molecule has 1 unspecified atom stereocenters. The van der Waals surface area contributed by atoms with E-state index in [2.05, 4.69) is 17.0 Å². The standard InChI is InChI=1S/C31H38F3N3O6/c1-2-3-4-21-13-15-30(16-14-21)19-36(18-22-5-7-23(8-6-22)27(39)35-17-26(38)28(40)41)29(42)37(20-30)24-9-11-25(12-10-24)43-31(32,33)34/h5-12,21,26,38H,2-4,13-20H2,1H3,(H,35,39)(H,40,41). The average Bonchev–Trinajstić information content (AvgIpc) is 2.97. The molecule has 2 aromatic rings. The summed E-state index contributed by atoms with van der Waals surface area (Å²) in [6.07, 6.45) is 1.02. The Morgan fingerprint density at radius 2 is 1.72 bits per heavy atom. The summed E-state index contributed by atoms with van der Waals surface area (Å²) in [5.74, 6) is -1.68. The number of nitrogens with zero attached hydrogens (tertiary/aromatic N) is 2. The summed E-state index contributed by atoms with van der Waals surface area (Å²) < 4.78 is 42.1. The maximum absolute atomic E-state index is 13.8. The number of rotatable bonds is 11. The molecule has 4 rings (SSSR count). The molecule has 12 heteroatoms. The summed E-state index contributed by atoms with van der Waals surface area (Å²) in [5.41, 5.74) is 1.38. The van der Waals surface area contributed by atoms with Crippen LogP contribution in [0, 0.1) is 11.3 Å². The van der Waals surface area contributed by atoms with E-state index in [4.69, 9.17) is 5.11 Å². The number of carbonyl (C=O) groups is 3. The van der Waals surface area contributed by atoms with Gasteiger partial charge in [-0.1, -0.05) is 38.3 Å². The highest BCUT2D eigenvalue weighted by Gasteiger charge is 2.45. The van der Waals surface area contributed by atoms with Crippen molar-refractivity contribution < 1.29 is 42.5 Å². The highest BCUT2D eigenvalue weighted by atomic mass is 19.4. The normalized spacial score (nSPS) is 21.5. The zero-order chi connectivity index (χ0) is 31.2. The molecule has 1 atom stereocenters. The molecule has 1 saturated heterocycles. The molecule has 234 valence electrons. The highest BCUT2D eigenvalue weighted by molar-refractivity contribution is 5.95. The van der Waals surface area contributed by atoms with E-state index in [9.17, 15) is 32.7 Å². The summed E-state index contributed by atoms with van der Waals surface area (Å²) in [4.78, 5) is 40.3. The van der Waals surface area contributed by atoms with Crippen LogP contribution < -0.4 is 15.0 Å². The molecule has 2 aliphatic rings. The van der Waals surface area contributed by atoms with E-state index >= 15 is 0 Å². The van der Waals surface area contributed by atoms with E-state index in [0.29, 0.717) is 24.7 Å². The quantitative estimate of drug-likeness (QED) is 0.308. The number of halogens is 3. The van der Waals surface area contributed by atoms with Gasteiger partial charge in [-0.3, -0.25) is 9.69 Å². The SMILES string of the molecule is CCCCC1CCC2(CC1)CN(Cc1ccc(C(=O)NCC(O)C(=O)O)cc1)C(=O)N(c1ccc(OC(F)(F)F)cc1)C2. The van der Waals surface area contributed by atoms with Crippen molar-refractivity contribution in [3.8, 4) is 5.75 Å². The predicted molar refractivity (Wildman–Crippen MR) is 153 cm³/mol. The number of unbranched alkanes of at least 4 members (excludes halogenated alkanes) is 1. The number of hydrogen-bond donors (Lipinski definition) is 3. The molecule has 1 aliphatic heterocycles. The molecule has 1 heterocycles. The van der Waals surface area contributed by atoms with Crippen LogP contribution in [0.5, 0.6) is 5.75 Å². The van der Waals surface area contributed by atoms with Crippen molar-refractivity contribution in [3.63, 3.8) is 0 Å². The van der Waals surface area contributed by atoms with Gasteiger partial charge in [-0.05, 0) is 73.6 Å². The first-order valence-corrected chi connectivity index (χ1v) is 14.6. The van der Waals surface area contributed by atoms with Crippen molar-refractivity contribution in [2.24, 2.45) is 11.3 Å². The summed E-state index contributed by atoms with van der Waals surface area (Å²) in [6, 6.07) is 11.7. The van der Waals surface area contributed by atoms with Crippen LogP contribution in [0.3, 0.4) is 0 Å². The van der Waals surface area contributed by atoms with Crippen molar-refractivity contribution in [1.82, 2.24) is 10.2 Å². The van der Waals surface area contributed by atoms with Crippen molar-refractivity contribution in [1.29, 1.82) is 0 Å². The minimum Gasteiger partial charge on any atom is -0.479 e. The van der Waals surface area contributed by atoms with E-state index in [1.165, 1.54) is 37.1 Å². The van der Waals surface area contributed by atoms with E-state index in [1.807, 2.05) is 0 Å². The Kier molecular flexibility index (Phi) is 10.2. The van der Waals surface area contributed by atoms with Gasteiger partial charge in [0.1, 0.15) is 5.75 Å². The van der Waals surface area contributed by atoms with Crippen LogP contribution in [-0.2, 0) is 11.3 Å².